The zero-order valence-corrected chi connectivity index (χ0v) is 6.76. The van der Waals surface area contributed by atoms with Crippen LogP contribution in [0.15, 0.2) is 6.20 Å². The maximum Gasteiger partial charge on any atom is 0.152 e. The van der Waals surface area contributed by atoms with E-state index in [-0.39, 0.29) is 0 Å². The normalized spacial score (nSPS) is 9.64. The van der Waals surface area contributed by atoms with Gasteiger partial charge in [-0.2, -0.15) is 0 Å². The van der Waals surface area contributed by atoms with Gasteiger partial charge in [0.25, 0.3) is 0 Å². The van der Waals surface area contributed by atoms with Crippen LogP contribution in [0.4, 0.5) is 11.5 Å². The first-order valence-corrected chi connectivity index (χ1v) is 3.57. The standard InChI is InChI=1S/C7H12N4/c1-3-9-7-6(8)4-10-5(2)11-7/h4H,3,8H2,1-2H3,(H,9,10,11). The molecule has 0 aromatic carbocycles. The summed E-state index contributed by atoms with van der Waals surface area (Å²) in [6.45, 7) is 4.65. The third kappa shape index (κ3) is 1.80. The number of nitrogen functional groups attached to an aromatic ring is 1. The minimum Gasteiger partial charge on any atom is -0.394 e. The van der Waals surface area contributed by atoms with Gasteiger partial charge in [-0.05, 0) is 13.8 Å². The Morgan fingerprint density at radius 3 is 3.00 bits per heavy atom. The molecule has 1 aromatic heterocycles. The molecule has 0 fully saturated rings. The van der Waals surface area contributed by atoms with Crippen molar-refractivity contribution in [3.8, 4) is 0 Å². The van der Waals surface area contributed by atoms with Gasteiger partial charge in [0.1, 0.15) is 5.82 Å². The van der Waals surface area contributed by atoms with Gasteiger partial charge in [0.05, 0.1) is 11.9 Å². The van der Waals surface area contributed by atoms with E-state index < -0.39 is 0 Å². The fraction of sp³-hybridized carbons (Fsp3) is 0.429. The smallest absolute Gasteiger partial charge is 0.152 e. The fourth-order valence-electron chi connectivity index (χ4n) is 0.788. The highest BCUT2D eigenvalue weighted by molar-refractivity contribution is 5.59. The Hall–Kier alpha value is -1.32. The second-order valence-electron chi connectivity index (χ2n) is 2.25. The minimum atomic E-state index is 0.595. The van der Waals surface area contributed by atoms with Crippen LogP contribution in [0, 0.1) is 6.92 Å². The van der Waals surface area contributed by atoms with Crippen LogP contribution >= 0.6 is 0 Å². The summed E-state index contributed by atoms with van der Waals surface area (Å²) >= 11 is 0. The Morgan fingerprint density at radius 2 is 2.36 bits per heavy atom. The SMILES string of the molecule is CCNc1nc(C)ncc1N. The molecule has 1 aromatic rings. The molecule has 0 aliphatic carbocycles. The van der Waals surface area contributed by atoms with Crippen LogP contribution in [0.3, 0.4) is 0 Å². The predicted octanol–water partition coefficient (Wildman–Crippen LogP) is 0.799. The quantitative estimate of drug-likeness (QED) is 0.658. The first kappa shape index (κ1) is 7.78. The van der Waals surface area contributed by atoms with Gasteiger partial charge in [0.2, 0.25) is 0 Å². The van der Waals surface area contributed by atoms with Crippen LogP contribution in [-0.4, -0.2) is 16.5 Å². The summed E-state index contributed by atoms with van der Waals surface area (Å²) in [6.07, 6.45) is 1.61. The van der Waals surface area contributed by atoms with Gasteiger partial charge < -0.3 is 11.1 Å². The second kappa shape index (κ2) is 3.18. The van der Waals surface area contributed by atoms with Gasteiger partial charge in [-0.15, -0.1) is 0 Å². The summed E-state index contributed by atoms with van der Waals surface area (Å²) in [5, 5.41) is 3.04. The maximum atomic E-state index is 5.59. The predicted molar refractivity (Wildman–Crippen MR) is 45.3 cm³/mol. The van der Waals surface area contributed by atoms with Gasteiger partial charge in [0, 0.05) is 6.54 Å². The number of hydrogen-bond donors (Lipinski definition) is 2. The molecular weight excluding hydrogens is 140 g/mol. The van der Waals surface area contributed by atoms with Crippen LogP contribution in [0.25, 0.3) is 0 Å². The lowest BCUT2D eigenvalue weighted by molar-refractivity contribution is 1.04. The summed E-state index contributed by atoms with van der Waals surface area (Å²) in [6, 6.07) is 0. The first-order valence-electron chi connectivity index (χ1n) is 3.57. The van der Waals surface area contributed by atoms with Crippen LogP contribution in [0.5, 0.6) is 0 Å². The number of nitrogens with zero attached hydrogens (tertiary/aromatic N) is 2. The first-order chi connectivity index (χ1) is 5.24. The summed E-state index contributed by atoms with van der Waals surface area (Å²) < 4.78 is 0. The number of aryl methyl sites for hydroxylation is 1. The van der Waals surface area contributed by atoms with E-state index in [2.05, 4.69) is 15.3 Å². The molecule has 4 heteroatoms. The number of nitrogens with one attached hydrogen (secondary N) is 1. The Kier molecular flexibility index (Phi) is 2.25. The van der Waals surface area contributed by atoms with Crippen molar-refractivity contribution >= 4 is 11.5 Å². The largest absolute Gasteiger partial charge is 0.394 e. The third-order valence-corrected chi connectivity index (χ3v) is 1.28. The summed E-state index contributed by atoms with van der Waals surface area (Å²) in [4.78, 5) is 8.06. The van der Waals surface area contributed by atoms with E-state index in [0.29, 0.717) is 5.69 Å². The van der Waals surface area contributed by atoms with Crippen molar-refractivity contribution < 1.29 is 0 Å². The molecule has 0 atom stereocenters. The molecule has 0 saturated carbocycles. The minimum absolute atomic E-state index is 0.595. The molecule has 1 heterocycles. The van der Waals surface area contributed by atoms with E-state index >= 15 is 0 Å². The lowest BCUT2D eigenvalue weighted by Gasteiger charge is -2.04. The summed E-state index contributed by atoms with van der Waals surface area (Å²) in [5.41, 5.74) is 6.18. The highest BCUT2D eigenvalue weighted by atomic mass is 15.0. The Bertz CT molecular complexity index is 246. The topological polar surface area (TPSA) is 63.8 Å². The zero-order valence-electron chi connectivity index (χ0n) is 6.76. The van der Waals surface area contributed by atoms with Gasteiger partial charge in [-0.3, -0.25) is 0 Å². The molecule has 0 saturated heterocycles. The van der Waals surface area contributed by atoms with Gasteiger partial charge in [-0.1, -0.05) is 0 Å². The number of nitrogens with two attached hydrogens (primary N) is 1. The van der Waals surface area contributed by atoms with Crippen LogP contribution < -0.4 is 11.1 Å². The molecule has 0 bridgehead atoms. The number of rotatable bonds is 2. The van der Waals surface area contributed by atoms with Gasteiger partial charge in [0.15, 0.2) is 5.82 Å². The molecule has 11 heavy (non-hydrogen) atoms. The Balaban J connectivity index is 2.93. The molecule has 3 N–H and O–H groups in total. The summed E-state index contributed by atoms with van der Waals surface area (Å²) in [7, 11) is 0. The van der Waals surface area contributed by atoms with Gasteiger partial charge >= 0.3 is 0 Å². The van der Waals surface area contributed by atoms with E-state index in [1.165, 1.54) is 0 Å². The van der Waals surface area contributed by atoms with E-state index in [4.69, 9.17) is 5.73 Å². The third-order valence-electron chi connectivity index (χ3n) is 1.28. The molecule has 0 radical (unpaired) electrons. The van der Waals surface area contributed by atoms with E-state index in [0.717, 1.165) is 18.2 Å². The van der Waals surface area contributed by atoms with Crippen LogP contribution in [-0.2, 0) is 0 Å². The maximum absolute atomic E-state index is 5.59. The average Bonchev–Trinajstić information content (AvgIpc) is 1.98. The average molecular weight is 152 g/mol. The van der Waals surface area contributed by atoms with Crippen molar-refractivity contribution in [2.24, 2.45) is 0 Å². The van der Waals surface area contributed by atoms with Crippen LogP contribution in [0.2, 0.25) is 0 Å². The van der Waals surface area contributed by atoms with Crippen molar-refractivity contribution in [3.63, 3.8) is 0 Å². The Labute approximate surface area is 65.9 Å². The summed E-state index contributed by atoms with van der Waals surface area (Å²) in [5.74, 6) is 1.45. The van der Waals surface area contributed by atoms with Crippen molar-refractivity contribution in [1.29, 1.82) is 0 Å². The van der Waals surface area contributed by atoms with E-state index in [1.54, 1.807) is 6.20 Å². The van der Waals surface area contributed by atoms with Crippen molar-refractivity contribution in [2.75, 3.05) is 17.6 Å². The molecule has 1 rings (SSSR count). The zero-order chi connectivity index (χ0) is 8.27. The number of hydrogen-bond acceptors (Lipinski definition) is 4. The molecule has 0 amide bonds. The number of anilines is 2. The van der Waals surface area contributed by atoms with Gasteiger partial charge in [-0.25, -0.2) is 9.97 Å². The fourth-order valence-corrected chi connectivity index (χ4v) is 0.788. The molecule has 60 valence electrons. The molecule has 4 nitrogen and oxygen atoms in total. The van der Waals surface area contributed by atoms with E-state index in [9.17, 15) is 0 Å². The van der Waals surface area contributed by atoms with Crippen molar-refractivity contribution in [2.45, 2.75) is 13.8 Å². The molecular formula is C7H12N4. The lowest BCUT2D eigenvalue weighted by Crippen LogP contribution is -2.05. The van der Waals surface area contributed by atoms with E-state index in [1.807, 2.05) is 13.8 Å². The molecule has 0 aliphatic heterocycles. The number of aromatic nitrogens is 2. The Morgan fingerprint density at radius 1 is 1.64 bits per heavy atom. The van der Waals surface area contributed by atoms with Crippen LogP contribution in [0.1, 0.15) is 12.7 Å². The molecule has 0 spiro atoms. The molecule has 0 aliphatic rings. The lowest BCUT2D eigenvalue weighted by atomic mass is 10.4. The monoisotopic (exact) mass is 152 g/mol. The van der Waals surface area contributed by atoms with Crippen molar-refractivity contribution in [1.82, 2.24) is 9.97 Å². The van der Waals surface area contributed by atoms with Crippen molar-refractivity contribution in [3.05, 3.63) is 12.0 Å². The second-order valence-corrected chi connectivity index (χ2v) is 2.25. The highest BCUT2D eigenvalue weighted by Gasteiger charge is 1.98. The highest BCUT2D eigenvalue weighted by Crippen LogP contribution is 2.11. The molecule has 0 unspecified atom stereocenters.